The number of aliphatic imine (C=N–C) groups is 1. The van der Waals surface area contributed by atoms with Gasteiger partial charge in [0.05, 0.1) is 0 Å². The zero-order valence-corrected chi connectivity index (χ0v) is 5.49. The molecule has 0 saturated heterocycles. The lowest BCUT2D eigenvalue weighted by atomic mass is 10.7. The van der Waals surface area contributed by atoms with E-state index in [-0.39, 0.29) is 11.1 Å². The summed E-state index contributed by atoms with van der Waals surface area (Å²) in [7, 11) is 2.95. The van der Waals surface area contributed by atoms with E-state index in [1.165, 1.54) is 14.1 Å². The van der Waals surface area contributed by atoms with E-state index >= 15 is 0 Å². The Morgan fingerprint density at radius 2 is 2.25 bits per heavy atom. The second-order valence-electron chi connectivity index (χ2n) is 1.09. The summed E-state index contributed by atoms with van der Waals surface area (Å²) in [6, 6.07) is 0. The predicted octanol–water partition coefficient (Wildman–Crippen LogP) is -0.000500. The van der Waals surface area contributed by atoms with Gasteiger partial charge in [-0.3, -0.25) is 9.79 Å². The van der Waals surface area contributed by atoms with E-state index in [2.05, 4.69) is 10.3 Å². The second kappa shape index (κ2) is 3.43. The maximum absolute atomic E-state index is 10.4. The first-order valence-corrected chi connectivity index (χ1v) is 2.44. The summed E-state index contributed by atoms with van der Waals surface area (Å²) >= 11 is 5.25. The van der Waals surface area contributed by atoms with Crippen molar-refractivity contribution in [1.82, 2.24) is 5.32 Å². The molecule has 1 N–H and O–H groups in total. The third kappa shape index (κ3) is 1.93. The van der Waals surface area contributed by atoms with Crippen LogP contribution < -0.4 is 5.32 Å². The summed E-state index contributed by atoms with van der Waals surface area (Å²) in [6.45, 7) is 0. The van der Waals surface area contributed by atoms with Gasteiger partial charge in [-0.05, 0) is 0 Å². The SMILES string of the molecule is CN=C(Cl)C(=O)NC. The molecule has 0 atom stereocenters. The number of nitrogens with zero attached hydrogens (tertiary/aromatic N) is 1. The molecule has 0 aromatic rings. The zero-order chi connectivity index (χ0) is 6.57. The van der Waals surface area contributed by atoms with Crippen molar-refractivity contribution in [2.24, 2.45) is 4.99 Å². The van der Waals surface area contributed by atoms with Crippen LogP contribution in [-0.4, -0.2) is 25.2 Å². The van der Waals surface area contributed by atoms with E-state index in [0.717, 1.165) is 0 Å². The number of amides is 1. The molecule has 0 spiro atoms. The lowest BCUT2D eigenvalue weighted by molar-refractivity contribution is -0.114. The molecule has 0 unspecified atom stereocenters. The lowest BCUT2D eigenvalue weighted by Gasteiger charge is -1.90. The van der Waals surface area contributed by atoms with Crippen LogP contribution in [0.15, 0.2) is 4.99 Å². The quantitative estimate of drug-likeness (QED) is 0.504. The van der Waals surface area contributed by atoms with Crippen molar-refractivity contribution >= 4 is 22.7 Å². The molecule has 0 rings (SSSR count). The molecule has 0 heterocycles. The normalized spacial score (nSPS) is 11.1. The average molecular weight is 135 g/mol. The first-order valence-electron chi connectivity index (χ1n) is 2.06. The summed E-state index contributed by atoms with van der Waals surface area (Å²) in [5.41, 5.74) is 0. The minimum atomic E-state index is -0.353. The summed E-state index contributed by atoms with van der Waals surface area (Å²) in [6.07, 6.45) is 0. The Morgan fingerprint density at radius 1 is 1.75 bits per heavy atom. The monoisotopic (exact) mass is 134 g/mol. The number of halogens is 1. The molecule has 0 aliphatic carbocycles. The molecule has 0 radical (unpaired) electrons. The van der Waals surface area contributed by atoms with E-state index in [0.29, 0.717) is 0 Å². The van der Waals surface area contributed by atoms with Gasteiger partial charge in [0, 0.05) is 14.1 Å². The summed E-state index contributed by atoms with van der Waals surface area (Å²) in [4.78, 5) is 13.8. The molecule has 1 amide bonds. The molecule has 0 aliphatic rings. The maximum Gasteiger partial charge on any atom is 0.280 e. The fraction of sp³-hybridized carbons (Fsp3) is 0.500. The molecule has 0 aliphatic heterocycles. The topological polar surface area (TPSA) is 41.5 Å². The van der Waals surface area contributed by atoms with Gasteiger partial charge in [0.2, 0.25) is 0 Å². The number of hydrogen-bond acceptors (Lipinski definition) is 2. The number of nitrogens with one attached hydrogen (secondary N) is 1. The summed E-state index contributed by atoms with van der Waals surface area (Å²) in [5, 5.41) is 2.29. The highest BCUT2D eigenvalue weighted by molar-refractivity contribution is 6.82. The molecule has 4 heteroatoms. The molecule has 0 bridgehead atoms. The Bertz CT molecular complexity index is 121. The highest BCUT2D eigenvalue weighted by Crippen LogP contribution is 1.81. The van der Waals surface area contributed by atoms with Crippen LogP contribution >= 0.6 is 11.6 Å². The number of rotatable bonds is 1. The Balaban J connectivity index is 3.83. The van der Waals surface area contributed by atoms with Crippen LogP contribution in [0.2, 0.25) is 0 Å². The minimum absolute atomic E-state index is 0.0208. The van der Waals surface area contributed by atoms with Crippen LogP contribution in [0.1, 0.15) is 0 Å². The molecular weight excluding hydrogens is 128 g/mol. The Morgan fingerprint density at radius 3 is 2.38 bits per heavy atom. The summed E-state index contributed by atoms with van der Waals surface area (Å²) < 4.78 is 0. The standard InChI is InChI=1S/C4H7ClN2O/c1-6-3(5)4(8)7-2/h1-2H3,(H,7,8). The van der Waals surface area contributed by atoms with Gasteiger partial charge in [0.25, 0.3) is 5.91 Å². The van der Waals surface area contributed by atoms with Gasteiger partial charge < -0.3 is 5.32 Å². The fourth-order valence-corrected chi connectivity index (χ4v) is 0.299. The highest BCUT2D eigenvalue weighted by atomic mass is 35.5. The first-order chi connectivity index (χ1) is 3.72. The lowest BCUT2D eigenvalue weighted by Crippen LogP contribution is -2.23. The third-order valence-corrected chi connectivity index (χ3v) is 0.951. The van der Waals surface area contributed by atoms with Crippen molar-refractivity contribution in [3.05, 3.63) is 0 Å². The van der Waals surface area contributed by atoms with Crippen molar-refractivity contribution in [2.45, 2.75) is 0 Å². The van der Waals surface area contributed by atoms with Crippen molar-refractivity contribution in [3.8, 4) is 0 Å². The zero-order valence-electron chi connectivity index (χ0n) is 4.73. The molecule has 0 saturated carbocycles. The highest BCUT2D eigenvalue weighted by Gasteiger charge is 2.00. The first kappa shape index (κ1) is 7.43. The van der Waals surface area contributed by atoms with E-state index in [9.17, 15) is 4.79 Å². The van der Waals surface area contributed by atoms with Crippen molar-refractivity contribution in [3.63, 3.8) is 0 Å². The van der Waals surface area contributed by atoms with Gasteiger partial charge in [0.1, 0.15) is 0 Å². The summed E-state index contributed by atoms with van der Waals surface area (Å²) in [5.74, 6) is -0.353. The van der Waals surface area contributed by atoms with Gasteiger partial charge >= 0.3 is 0 Å². The number of carbonyl (C=O) groups excluding carboxylic acids is 1. The van der Waals surface area contributed by atoms with Gasteiger partial charge in [-0.25, -0.2) is 0 Å². The number of carbonyl (C=O) groups is 1. The van der Waals surface area contributed by atoms with Crippen LogP contribution in [-0.2, 0) is 4.79 Å². The van der Waals surface area contributed by atoms with Crippen LogP contribution in [0.25, 0.3) is 0 Å². The van der Waals surface area contributed by atoms with Crippen molar-refractivity contribution < 1.29 is 4.79 Å². The molecular formula is C4H7ClN2O. The Labute approximate surface area is 52.7 Å². The predicted molar refractivity (Wildman–Crippen MR) is 33.3 cm³/mol. The third-order valence-electron chi connectivity index (χ3n) is 0.611. The average Bonchev–Trinajstić information content (AvgIpc) is 1.84. The molecule has 46 valence electrons. The van der Waals surface area contributed by atoms with E-state index in [4.69, 9.17) is 11.6 Å². The Hall–Kier alpha value is -0.570. The van der Waals surface area contributed by atoms with Crippen LogP contribution in [0.5, 0.6) is 0 Å². The van der Waals surface area contributed by atoms with Gasteiger partial charge in [0.15, 0.2) is 5.17 Å². The van der Waals surface area contributed by atoms with Gasteiger partial charge in [-0.2, -0.15) is 0 Å². The minimum Gasteiger partial charge on any atom is -0.353 e. The molecule has 8 heavy (non-hydrogen) atoms. The van der Waals surface area contributed by atoms with Crippen molar-refractivity contribution in [1.29, 1.82) is 0 Å². The van der Waals surface area contributed by atoms with Crippen LogP contribution in [0, 0.1) is 0 Å². The fourth-order valence-electron chi connectivity index (χ4n) is 0.205. The van der Waals surface area contributed by atoms with Crippen LogP contribution in [0.4, 0.5) is 0 Å². The number of hydrogen-bond donors (Lipinski definition) is 1. The molecule has 0 fully saturated rings. The largest absolute Gasteiger partial charge is 0.353 e. The van der Waals surface area contributed by atoms with E-state index in [1.807, 2.05) is 0 Å². The smallest absolute Gasteiger partial charge is 0.280 e. The van der Waals surface area contributed by atoms with Crippen LogP contribution in [0.3, 0.4) is 0 Å². The second-order valence-corrected chi connectivity index (χ2v) is 1.45. The molecule has 0 aromatic heterocycles. The van der Waals surface area contributed by atoms with Gasteiger partial charge in [-0.1, -0.05) is 11.6 Å². The van der Waals surface area contributed by atoms with Gasteiger partial charge in [-0.15, -0.1) is 0 Å². The Kier molecular flexibility index (Phi) is 3.19. The molecule has 3 nitrogen and oxygen atoms in total. The van der Waals surface area contributed by atoms with E-state index in [1.54, 1.807) is 0 Å². The van der Waals surface area contributed by atoms with E-state index < -0.39 is 0 Å². The maximum atomic E-state index is 10.4. The van der Waals surface area contributed by atoms with Crippen molar-refractivity contribution in [2.75, 3.05) is 14.1 Å². The molecule has 0 aromatic carbocycles.